The van der Waals surface area contributed by atoms with Crippen LogP contribution in [-0.2, 0) is 30.3 Å². The zero-order valence-corrected chi connectivity index (χ0v) is 21.5. The molecular weight excluding hydrogens is 498 g/mol. The van der Waals surface area contributed by atoms with Crippen molar-refractivity contribution in [3.8, 4) is 0 Å². The monoisotopic (exact) mass is 527 g/mol. The number of nitrogens with zero attached hydrogens (tertiary/aromatic N) is 3. The number of imidazole rings is 1. The van der Waals surface area contributed by atoms with Crippen LogP contribution in [0.5, 0.6) is 0 Å². The number of aromatic amines is 1. The van der Waals surface area contributed by atoms with Crippen molar-refractivity contribution < 1.29 is 28.6 Å². The number of aromatic nitrogens is 4. The van der Waals surface area contributed by atoms with Gasteiger partial charge in [0.05, 0.1) is 12.0 Å². The molecule has 0 spiro atoms. The maximum atomic E-state index is 13.6. The summed E-state index contributed by atoms with van der Waals surface area (Å²) in [6.45, 7) is 6.37. The molecule has 2 N–H and O–H groups in total. The summed E-state index contributed by atoms with van der Waals surface area (Å²) >= 11 is 0. The van der Waals surface area contributed by atoms with Crippen molar-refractivity contribution in [3.63, 3.8) is 0 Å². The fourth-order valence-electron chi connectivity index (χ4n) is 4.37. The second kappa shape index (κ2) is 11.0. The van der Waals surface area contributed by atoms with E-state index in [9.17, 15) is 24.0 Å². The molecule has 0 aliphatic carbocycles. The molecule has 202 valence electrons. The van der Waals surface area contributed by atoms with E-state index in [0.717, 1.165) is 11.0 Å². The summed E-state index contributed by atoms with van der Waals surface area (Å²) in [7, 11) is 0. The summed E-state index contributed by atoms with van der Waals surface area (Å²) in [4.78, 5) is 69.7. The van der Waals surface area contributed by atoms with Crippen LogP contribution < -0.4 is 16.6 Å². The van der Waals surface area contributed by atoms with Crippen molar-refractivity contribution in [2.75, 3.05) is 5.32 Å². The van der Waals surface area contributed by atoms with Gasteiger partial charge in [-0.25, -0.2) is 14.2 Å². The number of hydrogen-bond acceptors (Lipinski definition) is 9. The average Bonchev–Trinajstić information content (AvgIpc) is 3.33. The third-order valence-corrected chi connectivity index (χ3v) is 6.05. The lowest BCUT2D eigenvalue weighted by Gasteiger charge is -2.19. The predicted octanol–water partition coefficient (Wildman–Crippen LogP) is 1.99. The Morgan fingerprint density at radius 3 is 2.58 bits per heavy atom. The van der Waals surface area contributed by atoms with Crippen LogP contribution >= 0.6 is 0 Å². The maximum Gasteiger partial charge on any atom is 0.340 e. The molecule has 1 aliphatic rings. The molecule has 38 heavy (non-hydrogen) atoms. The molecule has 0 bridgehead atoms. The molecule has 13 nitrogen and oxygen atoms in total. The number of unbranched alkanes of at least 4 members (excludes halogenated alkanes) is 1. The third kappa shape index (κ3) is 5.37. The number of aryl methyl sites for hydroxylation is 2. The smallest absolute Gasteiger partial charge is 0.340 e. The first-order valence-electron chi connectivity index (χ1n) is 12.2. The highest BCUT2D eigenvalue weighted by atomic mass is 16.7. The molecular formula is C25H29N5O8. The molecule has 0 radical (unpaired) electrons. The van der Waals surface area contributed by atoms with Gasteiger partial charge < -0.3 is 14.2 Å². The van der Waals surface area contributed by atoms with Gasteiger partial charge in [0.15, 0.2) is 23.5 Å². The van der Waals surface area contributed by atoms with Crippen molar-refractivity contribution in [2.24, 2.45) is 0 Å². The first-order chi connectivity index (χ1) is 18.1. The summed E-state index contributed by atoms with van der Waals surface area (Å²) in [5.41, 5.74) is -0.331. The Kier molecular flexibility index (Phi) is 7.76. The van der Waals surface area contributed by atoms with Crippen LogP contribution in [0.1, 0.15) is 62.2 Å². The molecule has 1 fully saturated rings. The summed E-state index contributed by atoms with van der Waals surface area (Å²) in [5.74, 6) is -1.93. The van der Waals surface area contributed by atoms with E-state index in [4.69, 9.17) is 14.2 Å². The van der Waals surface area contributed by atoms with Crippen LogP contribution in [0.15, 0.2) is 33.9 Å². The van der Waals surface area contributed by atoms with Gasteiger partial charge in [0.25, 0.3) is 5.56 Å². The van der Waals surface area contributed by atoms with Crippen LogP contribution in [0.3, 0.4) is 0 Å². The SMILES string of the molecule is CCCCn1c(=O)n([C@@H]2O[C@@H](OC(=O)c3ccccc3C)C[C@H]2OC(C)=O)c2nc(NC(C)=O)[nH]c(=O)c21. The minimum Gasteiger partial charge on any atom is -0.457 e. The number of rotatable bonds is 8. The number of hydrogen-bond donors (Lipinski definition) is 2. The third-order valence-electron chi connectivity index (χ3n) is 6.05. The number of amides is 1. The van der Waals surface area contributed by atoms with Crippen molar-refractivity contribution in [1.82, 2.24) is 19.1 Å². The van der Waals surface area contributed by atoms with E-state index in [-0.39, 0.29) is 30.1 Å². The predicted molar refractivity (Wildman–Crippen MR) is 135 cm³/mol. The van der Waals surface area contributed by atoms with E-state index in [2.05, 4.69) is 15.3 Å². The first-order valence-corrected chi connectivity index (χ1v) is 12.2. The molecule has 1 saturated heterocycles. The Labute approximate surface area is 216 Å². The quantitative estimate of drug-likeness (QED) is 0.417. The molecule has 0 unspecified atom stereocenters. The number of ether oxygens (including phenoxy) is 3. The highest BCUT2D eigenvalue weighted by Gasteiger charge is 2.43. The number of esters is 2. The Hall–Kier alpha value is -4.26. The lowest BCUT2D eigenvalue weighted by molar-refractivity contribution is -0.156. The van der Waals surface area contributed by atoms with Gasteiger partial charge in [0.1, 0.15) is 0 Å². The summed E-state index contributed by atoms with van der Waals surface area (Å²) in [6, 6.07) is 6.86. The van der Waals surface area contributed by atoms with E-state index in [1.165, 1.54) is 18.4 Å². The van der Waals surface area contributed by atoms with E-state index in [0.29, 0.717) is 17.5 Å². The van der Waals surface area contributed by atoms with Gasteiger partial charge in [-0.05, 0) is 25.0 Å². The van der Waals surface area contributed by atoms with Crippen LogP contribution in [0.2, 0.25) is 0 Å². The largest absolute Gasteiger partial charge is 0.457 e. The summed E-state index contributed by atoms with van der Waals surface area (Å²) in [6.07, 6.45) is -2.16. The van der Waals surface area contributed by atoms with E-state index in [1.807, 2.05) is 6.92 Å². The summed E-state index contributed by atoms with van der Waals surface area (Å²) in [5, 5.41) is 2.40. The van der Waals surface area contributed by atoms with Gasteiger partial charge in [-0.3, -0.25) is 29.3 Å². The van der Waals surface area contributed by atoms with Gasteiger partial charge in [0, 0.05) is 20.4 Å². The van der Waals surface area contributed by atoms with E-state index < -0.39 is 47.7 Å². The van der Waals surface area contributed by atoms with Crippen LogP contribution in [0, 0.1) is 6.92 Å². The highest BCUT2D eigenvalue weighted by Crippen LogP contribution is 2.33. The minimum absolute atomic E-state index is 0.0249. The van der Waals surface area contributed by atoms with Crippen molar-refractivity contribution >= 4 is 35.0 Å². The number of H-pyrrole nitrogens is 1. The van der Waals surface area contributed by atoms with Gasteiger partial charge in [-0.2, -0.15) is 4.98 Å². The standard InChI is InChI=1S/C25H29N5O8/c1-5-6-11-29-19-20(27-24(26-14(3)31)28-21(19)33)30(25(29)35)22-17(36-15(4)32)12-18(37-22)38-23(34)16-10-8-7-9-13(16)2/h7-10,17-18,22H,5-6,11-12H2,1-4H3,(H2,26,27,28,31,33)/t17-,18+,22-/m1/s1. The molecule has 0 saturated carbocycles. The number of carbonyl (C=O) groups is 3. The van der Waals surface area contributed by atoms with Gasteiger partial charge in [0.2, 0.25) is 18.1 Å². The van der Waals surface area contributed by atoms with Crippen LogP contribution in [0.4, 0.5) is 5.95 Å². The highest BCUT2D eigenvalue weighted by molar-refractivity contribution is 5.91. The normalized spacial score (nSPS) is 18.9. The number of anilines is 1. The second-order valence-electron chi connectivity index (χ2n) is 8.99. The zero-order chi connectivity index (χ0) is 27.6. The molecule has 13 heteroatoms. The van der Waals surface area contributed by atoms with Crippen LogP contribution in [0.25, 0.3) is 11.2 Å². The van der Waals surface area contributed by atoms with Gasteiger partial charge in [-0.15, -0.1) is 0 Å². The minimum atomic E-state index is -1.26. The van der Waals surface area contributed by atoms with E-state index in [1.54, 1.807) is 31.2 Å². The van der Waals surface area contributed by atoms with Gasteiger partial charge >= 0.3 is 17.6 Å². The van der Waals surface area contributed by atoms with Crippen LogP contribution in [-0.4, -0.2) is 49.3 Å². The van der Waals surface area contributed by atoms with Crippen molar-refractivity contribution in [1.29, 1.82) is 0 Å². The van der Waals surface area contributed by atoms with E-state index >= 15 is 0 Å². The topological polar surface area (TPSA) is 164 Å². The Morgan fingerprint density at radius 1 is 1.18 bits per heavy atom. The average molecular weight is 528 g/mol. The van der Waals surface area contributed by atoms with Gasteiger partial charge in [-0.1, -0.05) is 31.5 Å². The molecule has 2 aromatic heterocycles. The number of nitrogens with one attached hydrogen (secondary N) is 2. The Morgan fingerprint density at radius 2 is 1.92 bits per heavy atom. The molecule has 3 heterocycles. The maximum absolute atomic E-state index is 13.6. The number of benzene rings is 1. The zero-order valence-electron chi connectivity index (χ0n) is 21.5. The number of carbonyl (C=O) groups excluding carboxylic acids is 3. The fourth-order valence-corrected chi connectivity index (χ4v) is 4.37. The molecule has 4 rings (SSSR count). The van der Waals surface area contributed by atoms with Crippen molar-refractivity contribution in [2.45, 2.75) is 72.1 Å². The Bertz CT molecular complexity index is 1500. The second-order valence-corrected chi connectivity index (χ2v) is 8.99. The summed E-state index contributed by atoms with van der Waals surface area (Å²) < 4.78 is 19.3. The molecule has 1 amide bonds. The first kappa shape index (κ1) is 26.8. The molecule has 3 atom stereocenters. The lowest BCUT2D eigenvalue weighted by Crippen LogP contribution is -2.33. The molecule has 1 aliphatic heterocycles. The van der Waals surface area contributed by atoms with Crippen molar-refractivity contribution in [3.05, 3.63) is 56.2 Å². The lowest BCUT2D eigenvalue weighted by atomic mass is 10.1. The Balaban J connectivity index is 1.79. The molecule has 1 aromatic carbocycles. The number of fused-ring (bicyclic) bond motifs is 1. The fraction of sp³-hybridized carbons (Fsp3) is 0.440. The molecule has 3 aromatic rings.